The van der Waals surface area contributed by atoms with Gasteiger partial charge in [-0.2, -0.15) is 0 Å². The van der Waals surface area contributed by atoms with Crippen LogP contribution in [0.25, 0.3) is 87.3 Å². The van der Waals surface area contributed by atoms with Crippen LogP contribution in [0.4, 0.5) is 17.1 Å². The Morgan fingerprint density at radius 3 is 1.74 bits per heavy atom. The number of anilines is 3. The highest BCUT2D eigenvalue weighted by molar-refractivity contribution is 6.29. The first-order valence-electron chi connectivity index (χ1n) is 18.5. The molecular formula is C52H33NO. The fourth-order valence-corrected chi connectivity index (χ4v) is 8.45. The molecule has 0 N–H and O–H groups in total. The molecule has 0 fully saturated rings. The number of rotatable bonds is 5. The van der Waals surface area contributed by atoms with Crippen LogP contribution < -0.4 is 4.90 Å². The largest absolute Gasteiger partial charge is 0.456 e. The van der Waals surface area contributed by atoms with Crippen LogP contribution in [0.5, 0.6) is 0 Å². The fourth-order valence-electron chi connectivity index (χ4n) is 8.45. The van der Waals surface area contributed by atoms with Crippen molar-refractivity contribution in [1.29, 1.82) is 0 Å². The SMILES string of the molecule is c1ccc(-c2ccc(N(c3cccc(-c4ccc5c(c4)oc4ccccc45)c3)c3cc4ccc5ccc6ccccc6c5c4c4ccccc34)cc2)cc1. The molecule has 1 aromatic heterocycles. The molecule has 2 heteroatoms. The smallest absolute Gasteiger partial charge is 0.136 e. The van der Waals surface area contributed by atoms with E-state index in [4.69, 9.17) is 4.42 Å². The Morgan fingerprint density at radius 1 is 0.296 bits per heavy atom. The molecule has 54 heavy (non-hydrogen) atoms. The molecule has 0 atom stereocenters. The molecule has 0 saturated carbocycles. The maximum atomic E-state index is 6.31. The van der Waals surface area contributed by atoms with Gasteiger partial charge in [0.15, 0.2) is 0 Å². The van der Waals surface area contributed by atoms with E-state index in [0.29, 0.717) is 0 Å². The number of hydrogen-bond donors (Lipinski definition) is 0. The minimum Gasteiger partial charge on any atom is -0.456 e. The molecule has 0 aliphatic rings. The van der Waals surface area contributed by atoms with Crippen LogP contribution in [0.1, 0.15) is 0 Å². The molecule has 0 bridgehead atoms. The zero-order valence-electron chi connectivity index (χ0n) is 29.4. The summed E-state index contributed by atoms with van der Waals surface area (Å²) >= 11 is 0. The van der Waals surface area contributed by atoms with E-state index in [9.17, 15) is 0 Å². The molecule has 10 aromatic carbocycles. The monoisotopic (exact) mass is 687 g/mol. The lowest BCUT2D eigenvalue weighted by atomic mass is 9.91. The summed E-state index contributed by atoms with van der Waals surface area (Å²) in [5.74, 6) is 0. The number of fused-ring (bicyclic) bond motifs is 10. The summed E-state index contributed by atoms with van der Waals surface area (Å²) in [4.78, 5) is 2.42. The van der Waals surface area contributed by atoms with Gasteiger partial charge in [0, 0.05) is 27.5 Å². The van der Waals surface area contributed by atoms with Gasteiger partial charge < -0.3 is 9.32 Å². The van der Waals surface area contributed by atoms with Gasteiger partial charge in [0.25, 0.3) is 0 Å². The van der Waals surface area contributed by atoms with Crippen molar-refractivity contribution in [2.24, 2.45) is 0 Å². The van der Waals surface area contributed by atoms with Crippen LogP contribution in [0, 0.1) is 0 Å². The average molecular weight is 688 g/mol. The van der Waals surface area contributed by atoms with E-state index in [0.717, 1.165) is 50.1 Å². The Hall–Kier alpha value is -7.16. The molecule has 11 rings (SSSR count). The lowest BCUT2D eigenvalue weighted by Gasteiger charge is -2.28. The van der Waals surface area contributed by atoms with Crippen molar-refractivity contribution < 1.29 is 4.42 Å². The van der Waals surface area contributed by atoms with Gasteiger partial charge in [0.1, 0.15) is 11.2 Å². The molecule has 0 saturated heterocycles. The maximum Gasteiger partial charge on any atom is 0.136 e. The van der Waals surface area contributed by atoms with E-state index in [1.807, 2.05) is 12.1 Å². The maximum absolute atomic E-state index is 6.31. The highest BCUT2D eigenvalue weighted by Gasteiger charge is 2.20. The quantitative estimate of drug-likeness (QED) is 0.168. The van der Waals surface area contributed by atoms with Crippen molar-refractivity contribution in [1.82, 2.24) is 0 Å². The second kappa shape index (κ2) is 12.2. The van der Waals surface area contributed by atoms with Crippen molar-refractivity contribution in [3.05, 3.63) is 200 Å². The molecule has 2 nitrogen and oxygen atoms in total. The summed E-state index contributed by atoms with van der Waals surface area (Å²) < 4.78 is 6.31. The van der Waals surface area contributed by atoms with E-state index in [-0.39, 0.29) is 0 Å². The predicted molar refractivity (Wildman–Crippen MR) is 229 cm³/mol. The topological polar surface area (TPSA) is 16.4 Å². The summed E-state index contributed by atoms with van der Waals surface area (Å²) in [5.41, 5.74) is 9.75. The Morgan fingerprint density at radius 2 is 0.889 bits per heavy atom. The Labute approximate surface area is 312 Å². The van der Waals surface area contributed by atoms with Gasteiger partial charge >= 0.3 is 0 Å². The molecule has 0 unspecified atom stereocenters. The van der Waals surface area contributed by atoms with Crippen LogP contribution in [0.3, 0.4) is 0 Å². The summed E-state index contributed by atoms with van der Waals surface area (Å²) in [6.45, 7) is 0. The van der Waals surface area contributed by atoms with Gasteiger partial charge in [-0.3, -0.25) is 0 Å². The first-order chi connectivity index (χ1) is 26.8. The third-order valence-corrected chi connectivity index (χ3v) is 11.0. The van der Waals surface area contributed by atoms with Crippen LogP contribution in [0.15, 0.2) is 205 Å². The van der Waals surface area contributed by atoms with Gasteiger partial charge in [-0.25, -0.2) is 0 Å². The minimum absolute atomic E-state index is 0.896. The first-order valence-corrected chi connectivity index (χ1v) is 18.5. The summed E-state index contributed by atoms with van der Waals surface area (Å²) in [7, 11) is 0. The number of furan rings is 1. The van der Waals surface area contributed by atoms with Crippen molar-refractivity contribution >= 4 is 82.1 Å². The van der Waals surface area contributed by atoms with Crippen LogP contribution in [-0.4, -0.2) is 0 Å². The van der Waals surface area contributed by atoms with Crippen molar-refractivity contribution in [3.63, 3.8) is 0 Å². The van der Waals surface area contributed by atoms with Crippen LogP contribution >= 0.6 is 0 Å². The average Bonchev–Trinajstić information content (AvgIpc) is 3.62. The Kier molecular flexibility index (Phi) is 6.90. The number of hydrogen-bond acceptors (Lipinski definition) is 2. The van der Waals surface area contributed by atoms with Gasteiger partial charge in [-0.15, -0.1) is 0 Å². The van der Waals surface area contributed by atoms with Crippen LogP contribution in [0.2, 0.25) is 0 Å². The van der Waals surface area contributed by atoms with Crippen molar-refractivity contribution in [2.75, 3.05) is 4.90 Å². The lowest BCUT2D eigenvalue weighted by Crippen LogP contribution is -2.11. The molecule has 0 radical (unpaired) electrons. The molecule has 0 spiro atoms. The van der Waals surface area contributed by atoms with Gasteiger partial charge in [0.2, 0.25) is 0 Å². The molecule has 0 aliphatic heterocycles. The molecular weight excluding hydrogens is 655 g/mol. The van der Waals surface area contributed by atoms with E-state index in [1.54, 1.807) is 0 Å². The molecule has 11 aromatic rings. The standard InChI is InChI=1S/C52H33NO/c1-2-11-34(12-3-1)35-25-28-41(29-26-35)53(42-15-10-14-38(31-42)39-27-30-46-45-18-8-9-20-49(45)54-50(46)33-39)48-32-40-24-23-37-22-21-36-13-4-5-16-43(36)51(37)52(40)47-19-7-6-17-44(47)48/h1-33H. The minimum atomic E-state index is 0.896. The van der Waals surface area contributed by atoms with Gasteiger partial charge in [-0.05, 0) is 108 Å². The third kappa shape index (κ3) is 4.88. The number of nitrogens with zero attached hydrogens (tertiary/aromatic N) is 1. The normalized spacial score (nSPS) is 11.7. The van der Waals surface area contributed by atoms with Crippen LogP contribution in [-0.2, 0) is 0 Å². The van der Waals surface area contributed by atoms with E-state index in [2.05, 4.69) is 193 Å². The van der Waals surface area contributed by atoms with Gasteiger partial charge in [0.05, 0.1) is 5.69 Å². The predicted octanol–water partition coefficient (Wildman–Crippen LogP) is 15.0. The van der Waals surface area contributed by atoms with E-state index < -0.39 is 0 Å². The third-order valence-electron chi connectivity index (χ3n) is 11.0. The first kappa shape index (κ1) is 30.5. The molecule has 252 valence electrons. The summed E-state index contributed by atoms with van der Waals surface area (Å²) in [6, 6.07) is 72.4. The number of para-hydroxylation sites is 1. The van der Waals surface area contributed by atoms with E-state index >= 15 is 0 Å². The summed E-state index contributed by atoms with van der Waals surface area (Å²) in [5, 5.41) is 12.3. The summed E-state index contributed by atoms with van der Waals surface area (Å²) in [6.07, 6.45) is 0. The zero-order valence-corrected chi connectivity index (χ0v) is 29.4. The second-order valence-corrected chi connectivity index (χ2v) is 14.1. The zero-order chi connectivity index (χ0) is 35.6. The Balaban J connectivity index is 1.14. The molecule has 0 aliphatic carbocycles. The van der Waals surface area contributed by atoms with E-state index in [1.165, 1.54) is 54.2 Å². The highest BCUT2D eigenvalue weighted by Crippen LogP contribution is 2.46. The highest BCUT2D eigenvalue weighted by atomic mass is 16.3. The molecule has 0 amide bonds. The van der Waals surface area contributed by atoms with Gasteiger partial charge in [-0.1, -0.05) is 152 Å². The number of benzene rings is 10. The molecule has 1 heterocycles. The fraction of sp³-hybridized carbons (Fsp3) is 0. The second-order valence-electron chi connectivity index (χ2n) is 14.1. The lowest BCUT2D eigenvalue weighted by molar-refractivity contribution is 0.669. The van der Waals surface area contributed by atoms with Crippen molar-refractivity contribution in [3.8, 4) is 22.3 Å². The Bertz CT molecular complexity index is 3210. The van der Waals surface area contributed by atoms with Crippen molar-refractivity contribution in [2.45, 2.75) is 0 Å².